The van der Waals surface area contributed by atoms with Gasteiger partial charge in [0.15, 0.2) is 0 Å². The maximum absolute atomic E-state index is 12.6. The van der Waals surface area contributed by atoms with Gasteiger partial charge < -0.3 is 14.7 Å². The predicted molar refractivity (Wildman–Crippen MR) is 92.8 cm³/mol. The lowest BCUT2D eigenvalue weighted by molar-refractivity contribution is -0.138. The van der Waals surface area contributed by atoms with E-state index >= 15 is 0 Å². The van der Waals surface area contributed by atoms with Crippen LogP contribution in [-0.4, -0.2) is 35.6 Å². The average Bonchev–Trinajstić information content (AvgIpc) is 2.63. The maximum atomic E-state index is 12.6. The topological polar surface area (TPSA) is 49.8 Å². The summed E-state index contributed by atoms with van der Waals surface area (Å²) in [5.74, 6) is 0.0917. The van der Waals surface area contributed by atoms with Crippen LogP contribution < -0.4 is 0 Å². The number of carbonyl (C=O) groups is 1. The molecule has 1 amide bonds. The molecule has 5 heteroatoms. The molecule has 1 aliphatic heterocycles. The van der Waals surface area contributed by atoms with Crippen molar-refractivity contribution in [2.24, 2.45) is 0 Å². The van der Waals surface area contributed by atoms with Crippen LogP contribution in [0, 0.1) is 0 Å². The highest BCUT2D eigenvalue weighted by atomic mass is 35.5. The summed E-state index contributed by atoms with van der Waals surface area (Å²) in [6.45, 7) is 1.70. The van der Waals surface area contributed by atoms with Crippen LogP contribution in [0.2, 0.25) is 5.02 Å². The van der Waals surface area contributed by atoms with Crippen LogP contribution in [0.1, 0.15) is 22.8 Å². The molecule has 24 heavy (non-hydrogen) atoms. The monoisotopic (exact) mass is 345 g/mol. The number of hydrogen-bond acceptors (Lipinski definition) is 3. The minimum Gasteiger partial charge on any atom is -0.392 e. The highest BCUT2D eigenvalue weighted by Crippen LogP contribution is 2.24. The number of carbonyl (C=O) groups excluding carboxylic acids is 1. The molecule has 1 heterocycles. The Balaban J connectivity index is 1.63. The van der Waals surface area contributed by atoms with Gasteiger partial charge in [0.25, 0.3) is 0 Å². The first-order chi connectivity index (χ1) is 11.7. The number of benzene rings is 2. The zero-order chi connectivity index (χ0) is 16.9. The third-order valence-electron chi connectivity index (χ3n) is 4.22. The number of hydrogen-bond donors (Lipinski definition) is 1. The molecule has 1 aliphatic rings. The standard InChI is InChI=1S/C19H20ClNO3/c20-17-7-5-16(6-8-17)18-12-21(9-10-24-18)19(23)11-14-1-3-15(13-22)4-2-14/h1-8,18,22H,9-13H2/t18-/m1/s1. The summed E-state index contributed by atoms with van der Waals surface area (Å²) < 4.78 is 5.80. The lowest BCUT2D eigenvalue weighted by Gasteiger charge is -2.33. The van der Waals surface area contributed by atoms with Crippen molar-refractivity contribution in [3.05, 3.63) is 70.2 Å². The summed E-state index contributed by atoms with van der Waals surface area (Å²) in [5.41, 5.74) is 2.83. The summed E-state index contributed by atoms with van der Waals surface area (Å²) in [6, 6.07) is 15.0. The zero-order valence-corrected chi connectivity index (χ0v) is 14.1. The number of aliphatic hydroxyl groups excluding tert-OH is 1. The third-order valence-corrected chi connectivity index (χ3v) is 4.47. The van der Waals surface area contributed by atoms with E-state index in [1.165, 1.54) is 0 Å². The molecule has 0 spiro atoms. The van der Waals surface area contributed by atoms with Crippen LogP contribution in [0.5, 0.6) is 0 Å². The van der Waals surface area contributed by atoms with Crippen LogP contribution in [0.4, 0.5) is 0 Å². The van der Waals surface area contributed by atoms with E-state index in [4.69, 9.17) is 21.4 Å². The van der Waals surface area contributed by atoms with E-state index < -0.39 is 0 Å². The first-order valence-electron chi connectivity index (χ1n) is 7.99. The van der Waals surface area contributed by atoms with Gasteiger partial charge in [-0.05, 0) is 28.8 Å². The molecule has 4 nitrogen and oxygen atoms in total. The van der Waals surface area contributed by atoms with Gasteiger partial charge in [-0.1, -0.05) is 48.0 Å². The van der Waals surface area contributed by atoms with Crippen LogP contribution in [0.15, 0.2) is 48.5 Å². The molecule has 0 radical (unpaired) electrons. The lowest BCUT2D eigenvalue weighted by Crippen LogP contribution is -2.42. The quantitative estimate of drug-likeness (QED) is 0.926. The second-order valence-electron chi connectivity index (χ2n) is 5.90. The second-order valence-corrected chi connectivity index (χ2v) is 6.34. The molecular formula is C19H20ClNO3. The number of ether oxygens (including phenoxy) is 1. The van der Waals surface area contributed by atoms with Crippen LogP contribution in [0.3, 0.4) is 0 Å². The minimum atomic E-state index is -0.114. The van der Waals surface area contributed by atoms with Gasteiger partial charge in [-0.15, -0.1) is 0 Å². The Bertz CT molecular complexity index is 685. The van der Waals surface area contributed by atoms with Crippen molar-refractivity contribution >= 4 is 17.5 Å². The molecule has 0 aliphatic carbocycles. The fraction of sp³-hybridized carbons (Fsp3) is 0.316. The van der Waals surface area contributed by atoms with Crippen LogP contribution in [0.25, 0.3) is 0 Å². The Morgan fingerprint density at radius 2 is 1.79 bits per heavy atom. The summed E-state index contributed by atoms with van der Waals surface area (Å²) in [5, 5.41) is 9.76. The molecular weight excluding hydrogens is 326 g/mol. The van der Waals surface area contributed by atoms with Crippen LogP contribution >= 0.6 is 11.6 Å². The molecule has 126 valence electrons. The number of amides is 1. The molecule has 0 bridgehead atoms. The molecule has 1 atom stereocenters. The minimum absolute atomic E-state index is 0.0143. The van der Waals surface area contributed by atoms with E-state index in [1.807, 2.05) is 53.4 Å². The van der Waals surface area contributed by atoms with Gasteiger partial charge in [-0.25, -0.2) is 0 Å². The van der Waals surface area contributed by atoms with Gasteiger partial charge in [0.2, 0.25) is 5.91 Å². The number of halogens is 1. The van der Waals surface area contributed by atoms with Crippen LogP contribution in [-0.2, 0) is 22.6 Å². The first-order valence-corrected chi connectivity index (χ1v) is 8.37. The van der Waals surface area contributed by atoms with Crippen molar-refractivity contribution in [1.29, 1.82) is 0 Å². The van der Waals surface area contributed by atoms with E-state index in [0.29, 0.717) is 31.1 Å². The fourth-order valence-electron chi connectivity index (χ4n) is 2.80. The summed E-state index contributed by atoms with van der Waals surface area (Å²) in [6.07, 6.45) is 0.246. The van der Waals surface area contributed by atoms with E-state index in [-0.39, 0.29) is 18.6 Å². The van der Waals surface area contributed by atoms with E-state index in [1.54, 1.807) is 0 Å². The van der Waals surface area contributed by atoms with Crippen molar-refractivity contribution in [3.63, 3.8) is 0 Å². The number of rotatable bonds is 4. The van der Waals surface area contributed by atoms with Gasteiger partial charge in [-0.2, -0.15) is 0 Å². The van der Waals surface area contributed by atoms with Gasteiger partial charge in [0, 0.05) is 11.6 Å². The highest BCUT2D eigenvalue weighted by Gasteiger charge is 2.25. The Morgan fingerprint density at radius 1 is 1.12 bits per heavy atom. The summed E-state index contributed by atoms with van der Waals surface area (Å²) >= 11 is 5.92. The summed E-state index contributed by atoms with van der Waals surface area (Å²) in [4.78, 5) is 14.4. The Hall–Kier alpha value is -1.88. The van der Waals surface area contributed by atoms with Gasteiger partial charge in [0.1, 0.15) is 6.10 Å². The molecule has 0 aromatic heterocycles. The third kappa shape index (κ3) is 4.15. The Labute approximate surface area is 146 Å². The Morgan fingerprint density at radius 3 is 2.46 bits per heavy atom. The van der Waals surface area contributed by atoms with Crippen molar-refractivity contribution in [2.45, 2.75) is 19.1 Å². The first kappa shape index (κ1) is 17.0. The lowest BCUT2D eigenvalue weighted by atomic mass is 10.1. The van der Waals surface area contributed by atoms with Crippen molar-refractivity contribution in [3.8, 4) is 0 Å². The molecule has 1 fully saturated rings. The molecule has 2 aromatic carbocycles. The maximum Gasteiger partial charge on any atom is 0.227 e. The largest absolute Gasteiger partial charge is 0.392 e. The van der Waals surface area contributed by atoms with E-state index in [9.17, 15) is 4.79 Å². The van der Waals surface area contributed by atoms with Crippen molar-refractivity contribution in [1.82, 2.24) is 4.90 Å². The van der Waals surface area contributed by atoms with E-state index in [2.05, 4.69) is 0 Å². The SMILES string of the molecule is O=C(Cc1ccc(CO)cc1)N1CCO[C@@H](c2ccc(Cl)cc2)C1. The molecule has 1 saturated heterocycles. The van der Waals surface area contributed by atoms with Gasteiger partial charge in [0.05, 0.1) is 26.2 Å². The van der Waals surface area contributed by atoms with E-state index in [0.717, 1.165) is 16.7 Å². The van der Waals surface area contributed by atoms with Gasteiger partial charge in [-0.3, -0.25) is 4.79 Å². The molecule has 0 unspecified atom stereocenters. The average molecular weight is 346 g/mol. The van der Waals surface area contributed by atoms with Crippen molar-refractivity contribution in [2.75, 3.05) is 19.7 Å². The predicted octanol–water partition coefficient (Wildman–Crippen LogP) is 2.97. The number of aliphatic hydroxyl groups is 1. The summed E-state index contributed by atoms with van der Waals surface area (Å²) in [7, 11) is 0. The van der Waals surface area contributed by atoms with Gasteiger partial charge >= 0.3 is 0 Å². The zero-order valence-electron chi connectivity index (χ0n) is 13.3. The number of nitrogens with zero attached hydrogens (tertiary/aromatic N) is 1. The Kier molecular flexibility index (Phi) is 5.51. The molecule has 2 aromatic rings. The highest BCUT2D eigenvalue weighted by molar-refractivity contribution is 6.30. The molecule has 1 N–H and O–H groups in total. The van der Waals surface area contributed by atoms with Crippen molar-refractivity contribution < 1.29 is 14.6 Å². The normalized spacial score (nSPS) is 17.8. The molecule has 3 rings (SSSR count). The number of morpholine rings is 1. The molecule has 0 saturated carbocycles. The smallest absolute Gasteiger partial charge is 0.227 e. The fourth-order valence-corrected chi connectivity index (χ4v) is 2.93. The second kappa shape index (κ2) is 7.79.